The van der Waals surface area contributed by atoms with Crippen LogP contribution in [0.1, 0.15) is 44.2 Å². The van der Waals surface area contributed by atoms with Crippen molar-refractivity contribution in [3.63, 3.8) is 0 Å². The van der Waals surface area contributed by atoms with Crippen molar-refractivity contribution in [3.8, 4) is 6.07 Å². The van der Waals surface area contributed by atoms with Crippen LogP contribution in [0, 0.1) is 18.3 Å². The van der Waals surface area contributed by atoms with Gasteiger partial charge in [0.2, 0.25) is 10.0 Å². The molecule has 1 heterocycles. The van der Waals surface area contributed by atoms with Gasteiger partial charge < -0.3 is 0 Å². The lowest BCUT2D eigenvalue weighted by Crippen LogP contribution is -2.47. The summed E-state index contributed by atoms with van der Waals surface area (Å²) in [6.45, 7) is 5.67. The van der Waals surface area contributed by atoms with Crippen LogP contribution in [0.3, 0.4) is 0 Å². The lowest BCUT2D eigenvalue weighted by molar-refractivity contribution is 0.204. The Bertz CT molecular complexity index is 636. The van der Waals surface area contributed by atoms with Gasteiger partial charge in [-0.3, -0.25) is 0 Å². The third-order valence-electron chi connectivity index (χ3n) is 3.97. The van der Waals surface area contributed by atoms with Crippen LogP contribution >= 0.6 is 0 Å². The minimum absolute atomic E-state index is 0.0267. The summed E-state index contributed by atoms with van der Waals surface area (Å²) in [7, 11) is -3.49. The van der Waals surface area contributed by atoms with E-state index in [-0.39, 0.29) is 12.1 Å². The Labute approximate surface area is 121 Å². The molecule has 2 atom stereocenters. The molecule has 0 radical (unpaired) electrons. The summed E-state index contributed by atoms with van der Waals surface area (Å²) in [4.78, 5) is 0.317. The first kappa shape index (κ1) is 15.0. The smallest absolute Gasteiger partial charge is 0.207 e. The van der Waals surface area contributed by atoms with Crippen LogP contribution in [-0.2, 0) is 10.0 Å². The number of aryl methyl sites for hydroxylation is 1. The molecular weight excluding hydrogens is 272 g/mol. The van der Waals surface area contributed by atoms with E-state index in [0.29, 0.717) is 16.0 Å². The van der Waals surface area contributed by atoms with Crippen molar-refractivity contribution in [2.75, 3.05) is 0 Å². The Balaban J connectivity index is 2.47. The molecule has 2 rings (SSSR count). The highest BCUT2D eigenvalue weighted by Gasteiger charge is 2.36. The fourth-order valence-corrected chi connectivity index (χ4v) is 5.08. The molecule has 0 unspecified atom stereocenters. The van der Waals surface area contributed by atoms with Crippen LogP contribution in [0.4, 0.5) is 0 Å². The summed E-state index contributed by atoms with van der Waals surface area (Å²) < 4.78 is 27.4. The maximum Gasteiger partial charge on any atom is 0.243 e. The molecule has 1 aromatic carbocycles. The Morgan fingerprint density at radius 1 is 1.25 bits per heavy atom. The highest BCUT2D eigenvalue weighted by molar-refractivity contribution is 7.89. The molecule has 0 amide bonds. The molecular formula is C15H20N2O2S. The van der Waals surface area contributed by atoms with Crippen molar-refractivity contribution in [2.45, 2.75) is 57.0 Å². The summed E-state index contributed by atoms with van der Waals surface area (Å²) in [6.07, 6.45) is 2.87. The van der Waals surface area contributed by atoms with Crippen molar-refractivity contribution >= 4 is 10.0 Å². The van der Waals surface area contributed by atoms with E-state index in [9.17, 15) is 8.42 Å². The Morgan fingerprint density at radius 2 is 1.85 bits per heavy atom. The molecule has 0 aromatic heterocycles. The number of piperidine rings is 1. The molecule has 5 heteroatoms. The van der Waals surface area contributed by atoms with Gasteiger partial charge in [0.25, 0.3) is 0 Å². The van der Waals surface area contributed by atoms with Gasteiger partial charge in [0.05, 0.1) is 16.5 Å². The van der Waals surface area contributed by atoms with E-state index in [1.165, 1.54) is 0 Å². The van der Waals surface area contributed by atoms with Crippen LogP contribution in [0.2, 0.25) is 0 Å². The predicted molar refractivity (Wildman–Crippen MR) is 77.7 cm³/mol. The van der Waals surface area contributed by atoms with Gasteiger partial charge in [-0.1, -0.05) is 6.42 Å². The molecule has 20 heavy (non-hydrogen) atoms. The molecule has 0 spiro atoms. The number of benzene rings is 1. The first-order chi connectivity index (χ1) is 9.37. The summed E-state index contributed by atoms with van der Waals surface area (Å²) in [5.74, 6) is 0. The maximum absolute atomic E-state index is 12.9. The van der Waals surface area contributed by atoms with Crippen molar-refractivity contribution in [1.82, 2.24) is 4.31 Å². The fraction of sp³-hybridized carbons (Fsp3) is 0.533. The number of rotatable bonds is 2. The van der Waals surface area contributed by atoms with Gasteiger partial charge in [0.1, 0.15) is 0 Å². The highest BCUT2D eigenvalue weighted by Crippen LogP contribution is 2.30. The van der Waals surface area contributed by atoms with E-state index >= 15 is 0 Å². The largest absolute Gasteiger partial charge is 0.243 e. The number of nitriles is 1. The van der Waals surface area contributed by atoms with E-state index in [4.69, 9.17) is 5.26 Å². The standard InChI is InChI=1S/C15H20N2O2S/c1-11-9-14(10-16)7-8-15(11)20(18,19)17-12(2)5-4-6-13(17)3/h7-9,12-13H,4-6H2,1-3H3/t12-,13+. The zero-order valence-corrected chi connectivity index (χ0v) is 12.9. The first-order valence-electron chi connectivity index (χ1n) is 6.92. The SMILES string of the molecule is Cc1cc(C#N)ccc1S(=O)(=O)N1[C@H](C)CCC[C@@H]1C. The molecule has 4 nitrogen and oxygen atoms in total. The molecule has 0 saturated carbocycles. The zero-order chi connectivity index (χ0) is 14.9. The third kappa shape index (κ3) is 2.58. The van der Waals surface area contributed by atoms with Crippen molar-refractivity contribution in [1.29, 1.82) is 5.26 Å². The zero-order valence-electron chi connectivity index (χ0n) is 12.1. The molecule has 1 aliphatic rings. The summed E-state index contributed by atoms with van der Waals surface area (Å²) in [5.41, 5.74) is 1.12. The van der Waals surface area contributed by atoms with Crippen LogP contribution in [-0.4, -0.2) is 24.8 Å². The van der Waals surface area contributed by atoms with E-state index in [1.54, 1.807) is 29.4 Å². The molecule has 1 aromatic rings. The minimum atomic E-state index is -3.49. The Kier molecular flexibility index (Phi) is 4.17. The number of hydrogen-bond acceptors (Lipinski definition) is 3. The second kappa shape index (κ2) is 5.55. The van der Waals surface area contributed by atoms with Gasteiger partial charge >= 0.3 is 0 Å². The maximum atomic E-state index is 12.9. The van der Waals surface area contributed by atoms with Crippen molar-refractivity contribution < 1.29 is 8.42 Å². The second-order valence-electron chi connectivity index (χ2n) is 5.56. The van der Waals surface area contributed by atoms with Gasteiger partial charge in [-0.2, -0.15) is 9.57 Å². The predicted octanol–water partition coefficient (Wildman–Crippen LogP) is 2.82. The van der Waals surface area contributed by atoms with E-state index in [1.807, 2.05) is 19.9 Å². The average molecular weight is 292 g/mol. The highest BCUT2D eigenvalue weighted by atomic mass is 32.2. The second-order valence-corrected chi connectivity index (χ2v) is 7.37. The molecule has 108 valence electrons. The van der Waals surface area contributed by atoms with Crippen LogP contribution in [0.5, 0.6) is 0 Å². The van der Waals surface area contributed by atoms with Crippen LogP contribution < -0.4 is 0 Å². The lowest BCUT2D eigenvalue weighted by Gasteiger charge is -2.38. The fourth-order valence-electron chi connectivity index (χ4n) is 2.99. The number of hydrogen-bond donors (Lipinski definition) is 0. The molecule has 0 aliphatic carbocycles. The number of nitrogens with zero attached hydrogens (tertiary/aromatic N) is 2. The van der Waals surface area contributed by atoms with Gasteiger partial charge in [0, 0.05) is 12.1 Å². The van der Waals surface area contributed by atoms with Crippen molar-refractivity contribution in [3.05, 3.63) is 29.3 Å². The van der Waals surface area contributed by atoms with E-state index in [2.05, 4.69) is 0 Å². The molecule has 1 saturated heterocycles. The summed E-state index contributed by atoms with van der Waals surface area (Å²) in [5, 5.41) is 8.88. The Morgan fingerprint density at radius 3 is 2.35 bits per heavy atom. The van der Waals surface area contributed by atoms with Crippen molar-refractivity contribution in [2.24, 2.45) is 0 Å². The van der Waals surface area contributed by atoms with Gasteiger partial charge in [-0.15, -0.1) is 0 Å². The summed E-state index contributed by atoms with van der Waals surface area (Å²) >= 11 is 0. The lowest BCUT2D eigenvalue weighted by atomic mass is 10.0. The number of sulfonamides is 1. The summed E-state index contributed by atoms with van der Waals surface area (Å²) in [6, 6.07) is 6.84. The average Bonchev–Trinajstić information content (AvgIpc) is 2.37. The Hall–Kier alpha value is -1.38. The van der Waals surface area contributed by atoms with Gasteiger partial charge in [-0.25, -0.2) is 8.42 Å². The normalized spacial score (nSPS) is 24.3. The van der Waals surface area contributed by atoms with E-state index < -0.39 is 10.0 Å². The minimum Gasteiger partial charge on any atom is -0.207 e. The first-order valence-corrected chi connectivity index (χ1v) is 8.36. The molecule has 0 N–H and O–H groups in total. The molecule has 0 bridgehead atoms. The van der Waals surface area contributed by atoms with E-state index in [0.717, 1.165) is 19.3 Å². The van der Waals surface area contributed by atoms with Crippen LogP contribution in [0.15, 0.2) is 23.1 Å². The van der Waals surface area contributed by atoms with Crippen LogP contribution in [0.25, 0.3) is 0 Å². The third-order valence-corrected chi connectivity index (χ3v) is 6.26. The topological polar surface area (TPSA) is 61.2 Å². The van der Waals surface area contributed by atoms with Gasteiger partial charge in [-0.05, 0) is 57.4 Å². The molecule has 1 aliphatic heterocycles. The van der Waals surface area contributed by atoms with Gasteiger partial charge in [0.15, 0.2) is 0 Å². The monoisotopic (exact) mass is 292 g/mol. The quantitative estimate of drug-likeness (QED) is 0.842. The molecule has 1 fully saturated rings.